The minimum absolute atomic E-state index is 0.122. The molecule has 5 heteroatoms. The molecule has 18 heavy (non-hydrogen) atoms. The Morgan fingerprint density at radius 2 is 2.00 bits per heavy atom. The van der Waals surface area contributed by atoms with E-state index in [1.165, 1.54) is 0 Å². The molecule has 0 aliphatic carbocycles. The second kappa shape index (κ2) is 5.89. The number of nitrogens with one attached hydrogen (secondary N) is 1. The first kappa shape index (κ1) is 15.2. The van der Waals surface area contributed by atoms with Crippen molar-refractivity contribution >= 4 is 6.09 Å². The summed E-state index contributed by atoms with van der Waals surface area (Å²) in [6, 6.07) is -0.122. The number of rotatable bonds is 3. The van der Waals surface area contributed by atoms with E-state index in [-0.39, 0.29) is 6.04 Å². The summed E-state index contributed by atoms with van der Waals surface area (Å²) < 4.78 is 10.4. The summed E-state index contributed by atoms with van der Waals surface area (Å²) in [6.07, 6.45) is 1.32. The minimum Gasteiger partial charge on any atom is -0.444 e. The Kier molecular flexibility index (Phi) is 4.99. The van der Waals surface area contributed by atoms with Crippen LogP contribution in [-0.4, -0.2) is 41.7 Å². The lowest BCUT2D eigenvalue weighted by atomic mass is 9.88. The highest BCUT2D eigenvalue weighted by atomic mass is 16.6. The smallest absolute Gasteiger partial charge is 0.407 e. The van der Waals surface area contributed by atoms with Gasteiger partial charge in [-0.2, -0.15) is 0 Å². The maximum Gasteiger partial charge on any atom is 0.407 e. The van der Waals surface area contributed by atoms with Crippen LogP contribution in [0.2, 0.25) is 0 Å². The number of ether oxygens (including phenoxy) is 2. The molecule has 1 aliphatic rings. The molecule has 0 spiro atoms. The fraction of sp³-hybridized carbons (Fsp3) is 0.923. The molecule has 1 amide bonds. The van der Waals surface area contributed by atoms with Gasteiger partial charge in [-0.05, 0) is 47.0 Å². The Hall–Kier alpha value is -0.810. The normalized spacial score (nSPS) is 21.2. The number of alkyl carbamates (subject to hydrolysis) is 1. The molecule has 106 valence electrons. The molecule has 0 aromatic heterocycles. The summed E-state index contributed by atoms with van der Waals surface area (Å²) in [4.78, 5) is 11.6. The molecule has 1 atom stereocenters. The zero-order chi connectivity index (χ0) is 13.8. The van der Waals surface area contributed by atoms with Gasteiger partial charge in [0.2, 0.25) is 0 Å². The van der Waals surface area contributed by atoms with Crippen molar-refractivity contribution in [3.8, 4) is 0 Å². The minimum atomic E-state index is -0.729. The highest BCUT2D eigenvalue weighted by molar-refractivity contribution is 5.68. The van der Waals surface area contributed by atoms with Crippen LogP contribution in [0.5, 0.6) is 0 Å². The predicted octanol–water partition coefficient (Wildman–Crippen LogP) is 1.83. The number of carbonyl (C=O) groups is 1. The molecule has 0 aromatic rings. The Morgan fingerprint density at radius 1 is 1.44 bits per heavy atom. The molecule has 0 saturated carbocycles. The average molecular weight is 259 g/mol. The average Bonchev–Trinajstić information content (AvgIpc) is 2.13. The van der Waals surface area contributed by atoms with E-state index in [1.807, 2.05) is 27.7 Å². The fourth-order valence-electron chi connectivity index (χ4n) is 2.09. The van der Waals surface area contributed by atoms with Crippen LogP contribution >= 0.6 is 0 Å². The van der Waals surface area contributed by atoms with Gasteiger partial charge in [0.1, 0.15) is 5.60 Å². The van der Waals surface area contributed by atoms with Crippen LogP contribution in [0.4, 0.5) is 4.79 Å². The van der Waals surface area contributed by atoms with Gasteiger partial charge in [-0.25, -0.2) is 4.79 Å². The van der Waals surface area contributed by atoms with Crippen molar-refractivity contribution in [1.82, 2.24) is 5.32 Å². The number of carbonyl (C=O) groups excluding carboxylic acids is 1. The molecule has 1 rings (SSSR count). The third-order valence-electron chi connectivity index (χ3n) is 2.87. The van der Waals surface area contributed by atoms with Gasteiger partial charge >= 0.3 is 6.09 Å². The first-order valence-corrected chi connectivity index (χ1v) is 6.50. The van der Waals surface area contributed by atoms with Crippen molar-refractivity contribution in [1.29, 1.82) is 0 Å². The topological polar surface area (TPSA) is 67.8 Å². The first-order chi connectivity index (χ1) is 8.20. The number of amides is 1. The van der Waals surface area contributed by atoms with Gasteiger partial charge in [0, 0.05) is 19.3 Å². The zero-order valence-corrected chi connectivity index (χ0v) is 11.8. The van der Waals surface area contributed by atoms with Gasteiger partial charge in [-0.15, -0.1) is 0 Å². The molecular formula is C13H25NO4. The molecule has 0 bridgehead atoms. The van der Waals surface area contributed by atoms with Gasteiger partial charge in [0.15, 0.2) is 0 Å². The van der Waals surface area contributed by atoms with Gasteiger partial charge < -0.3 is 19.9 Å². The zero-order valence-electron chi connectivity index (χ0n) is 11.8. The second-order valence-corrected chi connectivity index (χ2v) is 6.09. The third-order valence-corrected chi connectivity index (χ3v) is 2.87. The highest BCUT2D eigenvalue weighted by Gasteiger charge is 2.32. The summed E-state index contributed by atoms with van der Waals surface area (Å²) >= 11 is 0. The number of hydrogen-bond acceptors (Lipinski definition) is 4. The van der Waals surface area contributed by atoms with Crippen LogP contribution in [0.25, 0.3) is 0 Å². The molecule has 5 nitrogen and oxygen atoms in total. The van der Waals surface area contributed by atoms with Gasteiger partial charge in [-0.1, -0.05) is 0 Å². The van der Waals surface area contributed by atoms with E-state index in [0.29, 0.717) is 32.5 Å². The van der Waals surface area contributed by atoms with Crippen molar-refractivity contribution in [2.24, 2.45) is 0 Å². The Balaban J connectivity index is 2.36. The summed E-state index contributed by atoms with van der Waals surface area (Å²) in [5, 5.41) is 13.1. The van der Waals surface area contributed by atoms with E-state index in [9.17, 15) is 9.90 Å². The van der Waals surface area contributed by atoms with Crippen molar-refractivity contribution in [2.75, 3.05) is 13.2 Å². The van der Waals surface area contributed by atoms with Gasteiger partial charge in [-0.3, -0.25) is 0 Å². The van der Waals surface area contributed by atoms with E-state index >= 15 is 0 Å². The Bertz CT molecular complexity index is 279. The van der Waals surface area contributed by atoms with Crippen LogP contribution in [0, 0.1) is 0 Å². The molecule has 2 N–H and O–H groups in total. The van der Waals surface area contributed by atoms with Crippen molar-refractivity contribution in [3.05, 3.63) is 0 Å². The summed E-state index contributed by atoms with van der Waals surface area (Å²) in [5.41, 5.74) is -1.23. The lowest BCUT2D eigenvalue weighted by molar-refractivity contribution is -0.0719. The lowest BCUT2D eigenvalue weighted by Gasteiger charge is -2.34. The largest absolute Gasteiger partial charge is 0.444 e. The molecule has 0 aromatic carbocycles. The molecule has 1 aliphatic heterocycles. The van der Waals surface area contributed by atoms with Gasteiger partial charge in [0.05, 0.1) is 5.60 Å². The molecule has 1 fully saturated rings. The lowest BCUT2D eigenvalue weighted by Crippen LogP contribution is -2.45. The molecular weight excluding hydrogens is 234 g/mol. The van der Waals surface area contributed by atoms with Crippen LogP contribution in [0.3, 0.4) is 0 Å². The third kappa shape index (κ3) is 5.69. The summed E-state index contributed by atoms with van der Waals surface area (Å²) in [5.74, 6) is 0. The van der Waals surface area contributed by atoms with Gasteiger partial charge in [0.25, 0.3) is 0 Å². The predicted molar refractivity (Wildman–Crippen MR) is 68.5 cm³/mol. The molecule has 1 saturated heterocycles. The maximum absolute atomic E-state index is 11.6. The van der Waals surface area contributed by atoms with E-state index in [4.69, 9.17) is 9.47 Å². The van der Waals surface area contributed by atoms with Crippen molar-refractivity contribution < 1.29 is 19.4 Å². The van der Waals surface area contributed by atoms with E-state index < -0.39 is 17.3 Å². The Labute approximate surface area is 109 Å². The summed E-state index contributed by atoms with van der Waals surface area (Å²) in [7, 11) is 0. The highest BCUT2D eigenvalue weighted by Crippen LogP contribution is 2.25. The molecule has 0 radical (unpaired) electrons. The van der Waals surface area contributed by atoms with E-state index in [0.717, 1.165) is 0 Å². The van der Waals surface area contributed by atoms with Crippen molar-refractivity contribution in [3.63, 3.8) is 0 Å². The van der Waals surface area contributed by atoms with Crippen LogP contribution in [0.15, 0.2) is 0 Å². The number of hydrogen-bond donors (Lipinski definition) is 2. The standard InChI is InChI=1S/C13H25NO4/c1-10(14-11(15)18-12(2,3)4)9-13(16)5-7-17-8-6-13/h10,16H,5-9H2,1-4H3,(H,14,15). The Morgan fingerprint density at radius 3 is 2.50 bits per heavy atom. The fourth-order valence-corrected chi connectivity index (χ4v) is 2.09. The van der Waals surface area contributed by atoms with Crippen LogP contribution < -0.4 is 5.32 Å². The number of aliphatic hydroxyl groups is 1. The monoisotopic (exact) mass is 259 g/mol. The molecule has 1 unspecified atom stereocenters. The molecule has 1 heterocycles. The van der Waals surface area contributed by atoms with Crippen LogP contribution in [-0.2, 0) is 9.47 Å². The van der Waals surface area contributed by atoms with Crippen molar-refractivity contribution in [2.45, 2.75) is 64.2 Å². The second-order valence-electron chi connectivity index (χ2n) is 6.09. The van der Waals surface area contributed by atoms with E-state index in [2.05, 4.69) is 5.32 Å². The SMILES string of the molecule is CC(CC1(O)CCOCC1)NC(=O)OC(C)(C)C. The summed E-state index contributed by atoms with van der Waals surface area (Å²) in [6.45, 7) is 8.50. The maximum atomic E-state index is 11.6. The first-order valence-electron chi connectivity index (χ1n) is 6.50. The quantitative estimate of drug-likeness (QED) is 0.811. The van der Waals surface area contributed by atoms with E-state index in [1.54, 1.807) is 0 Å². The van der Waals surface area contributed by atoms with Crippen LogP contribution in [0.1, 0.15) is 47.0 Å².